The van der Waals surface area contributed by atoms with Gasteiger partial charge in [-0.15, -0.1) is 11.3 Å². The third-order valence-electron chi connectivity index (χ3n) is 5.11. The number of piperidine rings is 1. The number of anilines is 2. The van der Waals surface area contributed by atoms with Crippen LogP contribution in [0.4, 0.5) is 11.4 Å². The second-order valence-corrected chi connectivity index (χ2v) is 7.97. The van der Waals surface area contributed by atoms with Gasteiger partial charge >= 0.3 is 6.01 Å². The van der Waals surface area contributed by atoms with Crippen LogP contribution in [0.25, 0.3) is 10.6 Å². The van der Waals surface area contributed by atoms with E-state index in [0.29, 0.717) is 22.1 Å². The lowest BCUT2D eigenvalue weighted by atomic mass is 10.0. The Morgan fingerprint density at radius 2 is 1.97 bits per heavy atom. The molecule has 31 heavy (non-hydrogen) atoms. The molecule has 0 spiro atoms. The Bertz CT molecular complexity index is 1060. The van der Waals surface area contributed by atoms with Gasteiger partial charge in [0.05, 0.1) is 31.2 Å². The molecule has 1 amide bonds. The van der Waals surface area contributed by atoms with Crippen LogP contribution in [0.1, 0.15) is 23.3 Å². The molecule has 0 unspecified atom stereocenters. The quantitative estimate of drug-likeness (QED) is 0.601. The number of rotatable bonds is 6. The van der Waals surface area contributed by atoms with Crippen LogP contribution in [0, 0.1) is 0 Å². The number of methoxy groups -OCH3 is 2. The van der Waals surface area contributed by atoms with Gasteiger partial charge in [-0.3, -0.25) is 4.79 Å². The van der Waals surface area contributed by atoms with E-state index in [4.69, 9.17) is 15.2 Å². The maximum absolute atomic E-state index is 12.9. The van der Waals surface area contributed by atoms with Gasteiger partial charge in [-0.05, 0) is 25.0 Å². The zero-order chi connectivity index (χ0) is 21.8. The van der Waals surface area contributed by atoms with Crippen LogP contribution < -0.4 is 25.4 Å². The zero-order valence-corrected chi connectivity index (χ0v) is 18.2. The number of nitrogens with zero attached hydrogens (tertiary/aromatic N) is 4. The van der Waals surface area contributed by atoms with Gasteiger partial charge in [-0.2, -0.15) is 4.98 Å². The second kappa shape index (κ2) is 9.27. The summed E-state index contributed by atoms with van der Waals surface area (Å²) in [7, 11) is 2.99. The highest BCUT2D eigenvalue weighted by Crippen LogP contribution is 2.32. The lowest BCUT2D eigenvalue weighted by molar-refractivity contribution is 0.102. The molecule has 1 saturated heterocycles. The third-order valence-corrected chi connectivity index (χ3v) is 5.98. The minimum atomic E-state index is -0.281. The molecule has 4 rings (SSSR count). The van der Waals surface area contributed by atoms with Gasteiger partial charge in [0.2, 0.25) is 5.88 Å². The van der Waals surface area contributed by atoms with Gasteiger partial charge in [0.25, 0.3) is 5.91 Å². The van der Waals surface area contributed by atoms with Crippen LogP contribution in [0.3, 0.4) is 0 Å². The molecular formula is C21H24N6O3S. The van der Waals surface area contributed by atoms with E-state index in [1.165, 1.54) is 25.6 Å². The Kier molecular flexibility index (Phi) is 6.28. The third kappa shape index (κ3) is 4.59. The topological polar surface area (TPSA) is 115 Å². The molecule has 3 heterocycles. The number of carbonyl (C=O) groups is 1. The average Bonchev–Trinajstić information content (AvgIpc) is 3.30. The zero-order valence-electron chi connectivity index (χ0n) is 17.4. The lowest BCUT2D eigenvalue weighted by Crippen LogP contribution is -2.40. The van der Waals surface area contributed by atoms with Crippen LogP contribution in [-0.2, 0) is 0 Å². The average molecular weight is 441 g/mol. The number of thiazole rings is 1. The van der Waals surface area contributed by atoms with E-state index in [1.54, 1.807) is 11.6 Å². The fourth-order valence-electron chi connectivity index (χ4n) is 3.44. The summed E-state index contributed by atoms with van der Waals surface area (Å²) in [6, 6.07) is 8.22. The Morgan fingerprint density at radius 1 is 1.19 bits per heavy atom. The predicted octanol–water partition coefficient (Wildman–Crippen LogP) is 2.80. The molecule has 9 nitrogen and oxygen atoms in total. The molecule has 1 aliphatic rings. The van der Waals surface area contributed by atoms with Gasteiger partial charge in [0, 0.05) is 30.7 Å². The van der Waals surface area contributed by atoms with Gasteiger partial charge in [0.1, 0.15) is 10.7 Å². The normalized spacial score (nSPS) is 14.4. The largest absolute Gasteiger partial charge is 0.480 e. The molecule has 1 aliphatic heterocycles. The van der Waals surface area contributed by atoms with Gasteiger partial charge < -0.3 is 25.4 Å². The van der Waals surface area contributed by atoms with Crippen molar-refractivity contribution in [2.45, 2.75) is 18.9 Å². The molecule has 3 N–H and O–H groups in total. The van der Waals surface area contributed by atoms with Crippen LogP contribution >= 0.6 is 11.3 Å². The number of nitrogens with one attached hydrogen (secondary N) is 1. The Morgan fingerprint density at radius 3 is 2.71 bits per heavy atom. The van der Waals surface area contributed by atoms with Crippen molar-refractivity contribution in [3.63, 3.8) is 0 Å². The minimum Gasteiger partial charge on any atom is -0.480 e. The number of carbonyl (C=O) groups excluding carboxylic acids is 1. The lowest BCUT2D eigenvalue weighted by Gasteiger charge is -2.33. The summed E-state index contributed by atoms with van der Waals surface area (Å²) in [6.07, 6.45) is 3.44. The van der Waals surface area contributed by atoms with Crippen LogP contribution in [0.15, 0.2) is 35.8 Å². The van der Waals surface area contributed by atoms with E-state index in [1.807, 2.05) is 24.3 Å². The monoisotopic (exact) mass is 440 g/mol. The molecule has 0 saturated carbocycles. The summed E-state index contributed by atoms with van der Waals surface area (Å²) >= 11 is 1.32. The van der Waals surface area contributed by atoms with E-state index >= 15 is 0 Å². The molecule has 10 heteroatoms. The maximum atomic E-state index is 12.9. The molecule has 3 aromatic rings. The van der Waals surface area contributed by atoms with Crippen molar-refractivity contribution in [3.8, 4) is 22.5 Å². The maximum Gasteiger partial charge on any atom is 0.319 e. The number of amides is 1. The SMILES string of the molecule is COc1ncc(-c2nc(C(=O)Nc3ccccc3N3CCC(N)CC3)cs2)c(OC)n1. The fourth-order valence-corrected chi connectivity index (χ4v) is 4.24. The molecule has 0 atom stereocenters. The highest BCUT2D eigenvalue weighted by atomic mass is 32.1. The summed E-state index contributed by atoms with van der Waals surface area (Å²) in [5.41, 5.74) is 8.68. The number of nitrogens with two attached hydrogens (primary N) is 1. The Balaban J connectivity index is 1.53. The molecule has 0 radical (unpaired) electrons. The number of ether oxygens (including phenoxy) is 2. The van der Waals surface area contributed by atoms with Crippen LogP contribution in [0.2, 0.25) is 0 Å². The highest BCUT2D eigenvalue weighted by Gasteiger charge is 2.21. The van der Waals surface area contributed by atoms with E-state index in [-0.39, 0.29) is 18.0 Å². The molecule has 0 bridgehead atoms. The molecule has 1 aromatic carbocycles. The first-order valence-corrected chi connectivity index (χ1v) is 10.8. The number of benzene rings is 1. The first-order valence-electron chi connectivity index (χ1n) is 9.91. The standard InChI is InChI=1S/C21H24N6O3S/c1-29-19-14(11-23-21(26-19)30-2)20-25-16(12-31-20)18(28)24-15-5-3-4-6-17(15)27-9-7-13(22)8-10-27/h3-6,11-13H,7-10,22H2,1-2H3,(H,24,28). The van der Waals surface area contributed by atoms with Gasteiger partial charge in [-0.25, -0.2) is 9.97 Å². The van der Waals surface area contributed by atoms with Crippen LogP contribution in [-0.4, -0.2) is 54.2 Å². The van der Waals surface area contributed by atoms with E-state index in [2.05, 4.69) is 25.2 Å². The van der Waals surface area contributed by atoms with Crippen molar-refractivity contribution >= 4 is 28.6 Å². The second-order valence-electron chi connectivity index (χ2n) is 7.11. The first kappa shape index (κ1) is 21.0. The summed E-state index contributed by atoms with van der Waals surface area (Å²) in [6.45, 7) is 1.73. The first-order chi connectivity index (χ1) is 15.1. The Labute approximate surface area is 184 Å². The van der Waals surface area contributed by atoms with Crippen molar-refractivity contribution in [1.29, 1.82) is 0 Å². The van der Waals surface area contributed by atoms with Crippen molar-refractivity contribution in [1.82, 2.24) is 15.0 Å². The summed E-state index contributed by atoms with van der Waals surface area (Å²) in [5, 5.41) is 5.29. The molecule has 2 aromatic heterocycles. The summed E-state index contributed by atoms with van der Waals surface area (Å²) in [4.78, 5) is 27.9. The molecule has 0 aliphatic carbocycles. The van der Waals surface area contributed by atoms with Gasteiger partial charge in [-0.1, -0.05) is 12.1 Å². The van der Waals surface area contributed by atoms with Crippen LogP contribution in [0.5, 0.6) is 11.9 Å². The number of hydrogen-bond donors (Lipinski definition) is 2. The fraction of sp³-hybridized carbons (Fsp3) is 0.333. The molecular weight excluding hydrogens is 416 g/mol. The van der Waals surface area contributed by atoms with E-state index in [9.17, 15) is 4.79 Å². The van der Waals surface area contributed by atoms with Crippen molar-refractivity contribution in [3.05, 3.63) is 41.5 Å². The van der Waals surface area contributed by atoms with E-state index < -0.39 is 0 Å². The molecule has 162 valence electrons. The van der Waals surface area contributed by atoms with Crippen molar-refractivity contribution in [2.24, 2.45) is 5.73 Å². The highest BCUT2D eigenvalue weighted by molar-refractivity contribution is 7.13. The number of para-hydroxylation sites is 2. The smallest absolute Gasteiger partial charge is 0.319 e. The minimum absolute atomic E-state index is 0.199. The summed E-state index contributed by atoms with van der Waals surface area (Å²) in [5.74, 6) is 0.0545. The van der Waals surface area contributed by atoms with Crippen molar-refractivity contribution in [2.75, 3.05) is 37.5 Å². The number of hydrogen-bond acceptors (Lipinski definition) is 9. The summed E-state index contributed by atoms with van der Waals surface area (Å²) < 4.78 is 10.3. The van der Waals surface area contributed by atoms with E-state index in [0.717, 1.165) is 37.3 Å². The van der Waals surface area contributed by atoms with Gasteiger partial charge in [0.15, 0.2) is 0 Å². The molecule has 1 fully saturated rings. The van der Waals surface area contributed by atoms with Crippen molar-refractivity contribution < 1.29 is 14.3 Å². The predicted molar refractivity (Wildman–Crippen MR) is 120 cm³/mol. The number of aromatic nitrogens is 3. The Hall–Kier alpha value is -3.24.